The number of hydrogen-bond donors (Lipinski definition) is 3. The van der Waals surface area contributed by atoms with Crippen molar-refractivity contribution in [3.63, 3.8) is 0 Å². The van der Waals surface area contributed by atoms with Crippen LogP contribution in [0.5, 0.6) is 0 Å². The Morgan fingerprint density at radius 1 is 1.12 bits per heavy atom. The molecule has 2 aromatic heterocycles. The van der Waals surface area contributed by atoms with Gasteiger partial charge in [-0.15, -0.1) is 0 Å². The van der Waals surface area contributed by atoms with E-state index in [1.807, 2.05) is 0 Å². The smallest absolute Gasteiger partial charge is 0.270 e. The molecule has 0 fully saturated rings. The van der Waals surface area contributed by atoms with Gasteiger partial charge in [-0.25, -0.2) is 23.1 Å². The quantitative estimate of drug-likeness (QED) is 0.278. The number of amides is 1. The monoisotopic (exact) mass is 480 g/mol. The van der Waals surface area contributed by atoms with Crippen LogP contribution in [0.1, 0.15) is 16.1 Å². The lowest BCUT2D eigenvalue weighted by Crippen LogP contribution is -2.21. The number of hydrogen-bond acceptors (Lipinski definition) is 9. The summed E-state index contributed by atoms with van der Waals surface area (Å²) in [4.78, 5) is 30.9. The summed E-state index contributed by atoms with van der Waals surface area (Å²) in [6.45, 7) is 1.70. The Hall–Kier alpha value is -4.65. The van der Waals surface area contributed by atoms with Gasteiger partial charge in [0.2, 0.25) is 11.5 Å². The molecule has 4 aromatic rings. The van der Waals surface area contributed by atoms with E-state index in [1.165, 1.54) is 54.7 Å². The standard InChI is InChI=1S/C21H16N6O6S/c1-12-8-9-23-21(24-12)26-34(31,32)16-5-2-14(3-6-16)25-20(28)17-11-13-10-15(27(29)30)4-7-18(13)33-19(17)22/h2-11,22H,1H3,(H,25,28)(H,23,24,26). The van der Waals surface area contributed by atoms with E-state index < -0.39 is 26.4 Å². The Kier molecular flexibility index (Phi) is 5.77. The van der Waals surface area contributed by atoms with Crippen LogP contribution in [0, 0.1) is 22.4 Å². The van der Waals surface area contributed by atoms with Crippen LogP contribution in [0.4, 0.5) is 17.3 Å². The lowest BCUT2D eigenvalue weighted by atomic mass is 10.1. The maximum Gasteiger partial charge on any atom is 0.270 e. The summed E-state index contributed by atoms with van der Waals surface area (Å²) in [5, 5.41) is 21.8. The molecule has 13 heteroatoms. The molecule has 0 aliphatic carbocycles. The third kappa shape index (κ3) is 4.73. The van der Waals surface area contributed by atoms with E-state index >= 15 is 0 Å². The second kappa shape index (κ2) is 8.71. The lowest BCUT2D eigenvalue weighted by molar-refractivity contribution is -0.384. The van der Waals surface area contributed by atoms with Crippen LogP contribution < -0.4 is 15.6 Å². The van der Waals surface area contributed by atoms with Crippen LogP contribution in [0.2, 0.25) is 0 Å². The number of anilines is 2. The molecule has 1 amide bonds. The van der Waals surface area contributed by atoms with Crippen LogP contribution in [0.15, 0.2) is 70.1 Å². The normalized spacial score (nSPS) is 11.2. The fourth-order valence-electron chi connectivity index (χ4n) is 3.00. The van der Waals surface area contributed by atoms with E-state index in [2.05, 4.69) is 20.0 Å². The molecule has 2 heterocycles. The number of benzene rings is 2. The van der Waals surface area contributed by atoms with Gasteiger partial charge in [-0.2, -0.15) is 0 Å². The molecule has 0 unspecified atom stereocenters. The van der Waals surface area contributed by atoms with Gasteiger partial charge in [0.1, 0.15) is 11.1 Å². The molecule has 0 bridgehead atoms. The molecule has 2 aromatic carbocycles. The van der Waals surface area contributed by atoms with Crippen molar-refractivity contribution >= 4 is 44.2 Å². The van der Waals surface area contributed by atoms with Crippen molar-refractivity contribution in [2.24, 2.45) is 0 Å². The molecule has 3 N–H and O–H groups in total. The first-order chi connectivity index (χ1) is 16.1. The molecule has 0 saturated carbocycles. The Morgan fingerprint density at radius 2 is 1.85 bits per heavy atom. The minimum atomic E-state index is -3.96. The third-order valence-corrected chi connectivity index (χ3v) is 5.99. The molecule has 0 radical (unpaired) electrons. The van der Waals surface area contributed by atoms with Crippen molar-refractivity contribution in [2.75, 3.05) is 10.0 Å². The van der Waals surface area contributed by atoms with Crippen LogP contribution in [-0.4, -0.2) is 29.2 Å². The fourth-order valence-corrected chi connectivity index (χ4v) is 3.95. The number of non-ortho nitro benzene ring substituents is 1. The zero-order valence-electron chi connectivity index (χ0n) is 17.5. The fraction of sp³-hybridized carbons (Fsp3) is 0.0476. The number of carbonyl (C=O) groups is 1. The van der Waals surface area contributed by atoms with Gasteiger partial charge in [0.25, 0.3) is 21.6 Å². The van der Waals surface area contributed by atoms with Crippen molar-refractivity contribution in [3.05, 3.63) is 87.7 Å². The van der Waals surface area contributed by atoms with Crippen LogP contribution >= 0.6 is 0 Å². The Balaban J connectivity index is 1.54. The van der Waals surface area contributed by atoms with Gasteiger partial charge in [0.05, 0.1) is 9.82 Å². The summed E-state index contributed by atoms with van der Waals surface area (Å²) in [7, 11) is -3.96. The average Bonchev–Trinajstić information content (AvgIpc) is 2.78. The zero-order valence-corrected chi connectivity index (χ0v) is 18.3. The molecule has 34 heavy (non-hydrogen) atoms. The summed E-state index contributed by atoms with van der Waals surface area (Å²) in [6, 6.07) is 12.1. The van der Waals surface area contributed by atoms with Crippen molar-refractivity contribution in [2.45, 2.75) is 11.8 Å². The number of aryl methyl sites for hydroxylation is 1. The number of fused-ring (bicyclic) bond motifs is 1. The highest BCUT2D eigenvalue weighted by Crippen LogP contribution is 2.21. The summed E-state index contributed by atoms with van der Waals surface area (Å²) in [6.07, 6.45) is 1.43. The molecule has 0 atom stereocenters. The average molecular weight is 480 g/mol. The maximum absolute atomic E-state index is 12.7. The number of nitrogens with zero attached hydrogens (tertiary/aromatic N) is 3. The Morgan fingerprint density at radius 3 is 2.53 bits per heavy atom. The number of rotatable bonds is 6. The van der Waals surface area contributed by atoms with Gasteiger partial charge in [-0.05, 0) is 49.4 Å². The minimum Gasteiger partial charge on any atom is -0.438 e. The molecule has 172 valence electrons. The third-order valence-electron chi connectivity index (χ3n) is 4.65. The highest BCUT2D eigenvalue weighted by atomic mass is 32.2. The molecule has 12 nitrogen and oxygen atoms in total. The molecular formula is C21H16N6O6S. The van der Waals surface area contributed by atoms with Gasteiger partial charge >= 0.3 is 0 Å². The molecule has 0 aliphatic rings. The van der Waals surface area contributed by atoms with Crippen molar-refractivity contribution in [1.29, 1.82) is 5.41 Å². The predicted molar refractivity (Wildman–Crippen MR) is 121 cm³/mol. The van der Waals surface area contributed by atoms with Gasteiger partial charge in [-0.1, -0.05) is 0 Å². The second-order valence-corrected chi connectivity index (χ2v) is 8.76. The van der Waals surface area contributed by atoms with Crippen molar-refractivity contribution < 1.29 is 22.6 Å². The van der Waals surface area contributed by atoms with Gasteiger partial charge in [0.15, 0.2) is 0 Å². The highest BCUT2D eigenvalue weighted by molar-refractivity contribution is 7.92. The van der Waals surface area contributed by atoms with Crippen molar-refractivity contribution in [3.8, 4) is 0 Å². The topological polar surface area (TPSA) is 181 Å². The molecule has 0 saturated heterocycles. The van der Waals surface area contributed by atoms with Gasteiger partial charge in [-0.3, -0.25) is 20.3 Å². The highest BCUT2D eigenvalue weighted by Gasteiger charge is 2.17. The van der Waals surface area contributed by atoms with E-state index in [9.17, 15) is 23.3 Å². The van der Waals surface area contributed by atoms with Crippen LogP contribution in [0.25, 0.3) is 11.0 Å². The van der Waals surface area contributed by atoms with Gasteiger partial charge in [0, 0.05) is 35.1 Å². The van der Waals surface area contributed by atoms with E-state index in [-0.39, 0.29) is 38.8 Å². The van der Waals surface area contributed by atoms with E-state index in [4.69, 9.17) is 9.83 Å². The number of sulfonamides is 1. The summed E-state index contributed by atoms with van der Waals surface area (Å²) >= 11 is 0. The Labute approximate surface area is 192 Å². The van der Waals surface area contributed by atoms with E-state index in [0.717, 1.165) is 0 Å². The SMILES string of the molecule is Cc1ccnc(NS(=O)(=O)c2ccc(NC(=O)c3cc4cc([N+](=O)[O-])ccc4oc3=N)cc2)n1. The van der Waals surface area contributed by atoms with Gasteiger partial charge < -0.3 is 9.73 Å². The largest absolute Gasteiger partial charge is 0.438 e. The molecule has 4 rings (SSSR count). The molecular weight excluding hydrogens is 464 g/mol. The maximum atomic E-state index is 12.7. The number of nitro benzene ring substituents is 1. The zero-order chi connectivity index (χ0) is 24.5. The first-order valence-electron chi connectivity index (χ1n) is 9.63. The van der Waals surface area contributed by atoms with E-state index in [1.54, 1.807) is 13.0 Å². The Bertz CT molecular complexity index is 1600. The first kappa shape index (κ1) is 22.5. The number of nitrogens with one attached hydrogen (secondary N) is 3. The summed E-state index contributed by atoms with van der Waals surface area (Å²) < 4.78 is 32.7. The number of aromatic nitrogens is 2. The second-order valence-electron chi connectivity index (χ2n) is 7.07. The summed E-state index contributed by atoms with van der Waals surface area (Å²) in [5.74, 6) is -0.773. The first-order valence-corrected chi connectivity index (χ1v) is 11.1. The lowest BCUT2D eigenvalue weighted by Gasteiger charge is -2.09. The van der Waals surface area contributed by atoms with Crippen molar-refractivity contribution in [1.82, 2.24) is 9.97 Å². The molecule has 0 aliphatic heterocycles. The number of carbonyl (C=O) groups excluding carboxylic acids is 1. The van der Waals surface area contributed by atoms with E-state index in [0.29, 0.717) is 5.69 Å². The summed E-state index contributed by atoms with van der Waals surface area (Å²) in [5.41, 5.74) is 0.298. The number of nitro groups is 1. The van der Waals surface area contributed by atoms with Crippen LogP contribution in [-0.2, 0) is 10.0 Å². The molecule has 0 spiro atoms. The predicted octanol–water partition coefficient (Wildman–Crippen LogP) is 2.97. The van der Waals surface area contributed by atoms with Crippen LogP contribution in [0.3, 0.4) is 0 Å². The minimum absolute atomic E-state index is 0.0688.